The molecule has 0 spiro atoms. The average Bonchev–Trinajstić information content (AvgIpc) is 0.811. The van der Waals surface area contributed by atoms with Crippen molar-refractivity contribution in [3.8, 4) is 0 Å². The van der Waals surface area contributed by atoms with E-state index in [-0.39, 0.29) is 4.12 Å². The monoisotopic (exact) mass is 166 g/mol. The summed E-state index contributed by atoms with van der Waals surface area (Å²) in [6, 6.07) is 0. The minimum atomic E-state index is -0.0367. The van der Waals surface area contributed by atoms with Crippen LogP contribution in [0.4, 0.5) is 0 Å². The third-order valence-corrected chi connectivity index (χ3v) is 0. The molecule has 24 valence electrons. The van der Waals surface area contributed by atoms with Crippen LogP contribution in [0.5, 0.6) is 0 Å². The first kappa shape index (κ1) is 4.76. The van der Waals surface area contributed by atoms with Gasteiger partial charge in [0, 0.05) is 0 Å². The van der Waals surface area contributed by atoms with E-state index >= 15 is 0 Å². The second kappa shape index (κ2) is 2.02. The molecule has 0 saturated carbocycles. The van der Waals surface area contributed by atoms with Gasteiger partial charge in [-0.2, -0.15) is 0 Å². The molecule has 2 radical (unpaired) electrons. The summed E-state index contributed by atoms with van der Waals surface area (Å²) in [7, 11) is 0. The van der Waals surface area contributed by atoms with Crippen LogP contribution in [0.3, 0.4) is 0 Å². The molecule has 1 unspecified atom stereocenters. The number of rotatable bonds is 0. The summed E-state index contributed by atoms with van der Waals surface area (Å²) >= 11 is 0.957. The molecule has 1 nitrogen and oxygen atoms in total. The van der Waals surface area contributed by atoms with E-state index in [1.165, 1.54) is 0 Å². The van der Waals surface area contributed by atoms with E-state index in [2.05, 4.69) is 0 Å². The summed E-state index contributed by atoms with van der Waals surface area (Å²) in [5.74, 6) is 0. The van der Waals surface area contributed by atoms with Gasteiger partial charge in [0.2, 0.25) is 0 Å². The van der Waals surface area contributed by atoms with Crippen LogP contribution in [0.25, 0.3) is 0 Å². The SMILES string of the molecule is C[CH](O)[SnH]. The van der Waals surface area contributed by atoms with Gasteiger partial charge in [0.25, 0.3) is 0 Å². The maximum absolute atomic E-state index is 8.11. The molecule has 0 aromatic heterocycles. The van der Waals surface area contributed by atoms with Crippen molar-refractivity contribution >= 4 is 22.5 Å². The molecule has 0 fully saturated rings. The third-order valence-electron chi connectivity index (χ3n) is 0. The molecule has 0 aromatic carbocycles. The normalized spacial score (nSPS) is 15.8. The Kier molecular flexibility index (Phi) is 2.41. The molecule has 0 aromatic rings. The third kappa shape index (κ3) is 14.8. The number of aliphatic hydroxyl groups excluding tert-OH is 1. The van der Waals surface area contributed by atoms with Gasteiger partial charge >= 0.3 is 38.7 Å². The number of hydrogen-bond acceptors (Lipinski definition) is 1. The van der Waals surface area contributed by atoms with E-state index in [4.69, 9.17) is 5.11 Å². The molecule has 2 heteroatoms. The molecule has 0 aliphatic rings. The van der Waals surface area contributed by atoms with E-state index in [9.17, 15) is 0 Å². The van der Waals surface area contributed by atoms with Crippen LogP contribution in [0.15, 0.2) is 0 Å². The average molecular weight is 165 g/mol. The van der Waals surface area contributed by atoms with E-state index in [1.54, 1.807) is 6.92 Å². The van der Waals surface area contributed by atoms with Crippen LogP contribution in [0.2, 0.25) is 0 Å². The summed E-state index contributed by atoms with van der Waals surface area (Å²) in [4.78, 5) is 0. The molecule has 0 bridgehead atoms. The van der Waals surface area contributed by atoms with Crippen molar-refractivity contribution in [2.45, 2.75) is 11.0 Å². The van der Waals surface area contributed by atoms with Gasteiger partial charge in [-0.25, -0.2) is 0 Å². The van der Waals surface area contributed by atoms with Gasteiger partial charge in [-0.1, -0.05) is 0 Å². The van der Waals surface area contributed by atoms with Crippen molar-refractivity contribution in [2.24, 2.45) is 0 Å². The van der Waals surface area contributed by atoms with Crippen LogP contribution in [0, 0.1) is 0 Å². The molecule has 0 heterocycles. The van der Waals surface area contributed by atoms with Crippen LogP contribution in [0.1, 0.15) is 6.92 Å². The predicted octanol–water partition coefficient (Wildman–Crippen LogP) is -0.775. The topological polar surface area (TPSA) is 20.2 Å². The molecular formula is C2H6OSn. The van der Waals surface area contributed by atoms with Crippen molar-refractivity contribution in [2.75, 3.05) is 0 Å². The van der Waals surface area contributed by atoms with Gasteiger partial charge in [0.1, 0.15) is 0 Å². The Bertz CT molecular complexity index is 10.8. The van der Waals surface area contributed by atoms with Crippen molar-refractivity contribution in [3.63, 3.8) is 0 Å². The Labute approximate surface area is 39.1 Å². The summed E-state index contributed by atoms with van der Waals surface area (Å²) < 4.78 is -0.0367. The Morgan fingerprint density at radius 1 is 2.00 bits per heavy atom. The van der Waals surface area contributed by atoms with Gasteiger partial charge in [-0.05, 0) is 0 Å². The van der Waals surface area contributed by atoms with Gasteiger partial charge in [-0.15, -0.1) is 0 Å². The van der Waals surface area contributed by atoms with E-state index < -0.39 is 0 Å². The summed E-state index contributed by atoms with van der Waals surface area (Å²) in [5.41, 5.74) is 0. The number of aliphatic hydroxyl groups is 1. The molecular weight excluding hydrogens is 159 g/mol. The minimum absolute atomic E-state index is 0.0367. The molecule has 0 aliphatic carbocycles. The van der Waals surface area contributed by atoms with Crippen LogP contribution in [-0.4, -0.2) is 31.8 Å². The van der Waals surface area contributed by atoms with Crippen LogP contribution < -0.4 is 0 Å². The van der Waals surface area contributed by atoms with Gasteiger partial charge in [0.05, 0.1) is 0 Å². The van der Waals surface area contributed by atoms with E-state index in [0.717, 1.165) is 22.5 Å². The zero-order chi connectivity index (χ0) is 3.58. The molecule has 4 heavy (non-hydrogen) atoms. The van der Waals surface area contributed by atoms with Crippen molar-refractivity contribution < 1.29 is 5.11 Å². The fourth-order valence-electron chi connectivity index (χ4n) is 0. The molecule has 0 amide bonds. The second-order valence-corrected chi connectivity index (χ2v) is 3.49. The van der Waals surface area contributed by atoms with Gasteiger partial charge < -0.3 is 0 Å². The van der Waals surface area contributed by atoms with Gasteiger partial charge in [-0.3, -0.25) is 0 Å². The zero-order valence-electron chi connectivity index (χ0n) is 2.60. The van der Waals surface area contributed by atoms with Crippen molar-refractivity contribution in [1.29, 1.82) is 0 Å². The fourth-order valence-corrected chi connectivity index (χ4v) is 0. The zero-order valence-corrected chi connectivity index (χ0v) is 5.90. The first-order valence-corrected chi connectivity index (χ1v) is 3.07. The summed E-state index contributed by atoms with van der Waals surface area (Å²) in [6.07, 6.45) is 0. The Balaban J connectivity index is 2.32. The van der Waals surface area contributed by atoms with Crippen molar-refractivity contribution in [1.82, 2.24) is 0 Å². The first-order chi connectivity index (χ1) is 1.73. The molecule has 0 saturated heterocycles. The quantitative estimate of drug-likeness (QED) is 0.467. The second-order valence-electron chi connectivity index (χ2n) is 0.741. The predicted molar refractivity (Wildman–Crippen MR) is 18.8 cm³/mol. The number of hydrogen-bond donors (Lipinski definition) is 1. The fraction of sp³-hybridized carbons (Fsp3) is 1.00. The summed E-state index contributed by atoms with van der Waals surface area (Å²) in [6.45, 7) is 1.78. The van der Waals surface area contributed by atoms with Gasteiger partial charge in [0.15, 0.2) is 0 Å². The molecule has 1 atom stereocenters. The molecule has 1 N–H and O–H groups in total. The van der Waals surface area contributed by atoms with Crippen LogP contribution in [-0.2, 0) is 0 Å². The summed E-state index contributed by atoms with van der Waals surface area (Å²) in [5, 5.41) is 8.11. The standard InChI is InChI=1S/C2H5O.Sn.H/c1-2-3;;/h2-3H,1H3;;. The maximum atomic E-state index is 8.11. The first-order valence-electron chi connectivity index (χ1n) is 1.17. The molecule has 0 rings (SSSR count). The van der Waals surface area contributed by atoms with Crippen molar-refractivity contribution in [3.05, 3.63) is 0 Å². The Morgan fingerprint density at radius 3 is 2.00 bits per heavy atom. The van der Waals surface area contributed by atoms with Crippen LogP contribution >= 0.6 is 0 Å². The van der Waals surface area contributed by atoms with E-state index in [1.807, 2.05) is 0 Å². The van der Waals surface area contributed by atoms with E-state index in [0.29, 0.717) is 0 Å². The Morgan fingerprint density at radius 2 is 2.00 bits per heavy atom. The Hall–Kier alpha value is 0.759. The molecule has 0 aliphatic heterocycles.